The molecular weight excluding hydrogens is 180 g/mol. The molecule has 2 atom stereocenters. The number of rotatable bonds is 3. The molecule has 2 heterocycles. The highest BCUT2D eigenvalue weighted by atomic mass is 16.6. The van der Waals surface area contributed by atoms with Gasteiger partial charge in [-0.2, -0.15) is 0 Å². The molecule has 0 amide bonds. The summed E-state index contributed by atoms with van der Waals surface area (Å²) < 4.78 is 11.3. The van der Waals surface area contributed by atoms with Crippen molar-refractivity contribution in [1.82, 2.24) is 0 Å². The van der Waals surface area contributed by atoms with E-state index in [-0.39, 0.29) is 5.60 Å². The molecule has 82 valence electrons. The lowest BCUT2D eigenvalue weighted by molar-refractivity contribution is -0.0992. The molecule has 14 heavy (non-hydrogen) atoms. The summed E-state index contributed by atoms with van der Waals surface area (Å²) in [5.41, 5.74) is 0.0401. The summed E-state index contributed by atoms with van der Waals surface area (Å²) in [6.07, 6.45) is 5.42. The standard InChI is InChI=1S/C11H20O3/c12-5-1-2-10-3-6-14-11(8-10)4-7-13-9-11/h10,12H,1-9H2. The van der Waals surface area contributed by atoms with Crippen LogP contribution in [0.5, 0.6) is 0 Å². The second-order valence-corrected chi connectivity index (χ2v) is 4.56. The van der Waals surface area contributed by atoms with E-state index in [0.717, 1.165) is 57.8 Å². The Morgan fingerprint density at radius 2 is 2.29 bits per heavy atom. The van der Waals surface area contributed by atoms with Crippen LogP contribution in [0.25, 0.3) is 0 Å². The van der Waals surface area contributed by atoms with Gasteiger partial charge >= 0.3 is 0 Å². The van der Waals surface area contributed by atoms with E-state index < -0.39 is 0 Å². The highest BCUT2D eigenvalue weighted by Crippen LogP contribution is 2.37. The molecule has 0 aromatic carbocycles. The Kier molecular flexibility index (Phi) is 3.42. The summed E-state index contributed by atoms with van der Waals surface area (Å²) in [6.45, 7) is 2.83. The van der Waals surface area contributed by atoms with E-state index in [0.29, 0.717) is 6.61 Å². The van der Waals surface area contributed by atoms with E-state index in [1.54, 1.807) is 0 Å². The van der Waals surface area contributed by atoms with Gasteiger partial charge in [-0.1, -0.05) is 0 Å². The second-order valence-electron chi connectivity index (χ2n) is 4.56. The molecule has 2 unspecified atom stereocenters. The van der Waals surface area contributed by atoms with E-state index in [1.807, 2.05) is 0 Å². The second kappa shape index (κ2) is 4.60. The van der Waals surface area contributed by atoms with Crippen molar-refractivity contribution in [2.24, 2.45) is 5.92 Å². The topological polar surface area (TPSA) is 38.7 Å². The summed E-state index contributed by atoms with van der Waals surface area (Å²) in [4.78, 5) is 0. The Hall–Kier alpha value is -0.120. The van der Waals surface area contributed by atoms with Crippen molar-refractivity contribution in [3.05, 3.63) is 0 Å². The molecule has 1 N–H and O–H groups in total. The Bertz CT molecular complexity index is 175. The van der Waals surface area contributed by atoms with Crippen molar-refractivity contribution < 1.29 is 14.6 Å². The van der Waals surface area contributed by atoms with Crippen LogP contribution in [0.15, 0.2) is 0 Å². The summed E-state index contributed by atoms with van der Waals surface area (Å²) in [5, 5.41) is 8.80. The van der Waals surface area contributed by atoms with Crippen LogP contribution in [0.4, 0.5) is 0 Å². The average molecular weight is 200 g/mol. The monoisotopic (exact) mass is 200 g/mol. The number of hydrogen-bond acceptors (Lipinski definition) is 3. The first-order valence-electron chi connectivity index (χ1n) is 5.67. The predicted octanol–water partition coefficient (Wildman–Crippen LogP) is 1.34. The maximum Gasteiger partial charge on any atom is 0.0939 e. The van der Waals surface area contributed by atoms with Crippen molar-refractivity contribution in [1.29, 1.82) is 0 Å². The molecule has 2 aliphatic heterocycles. The molecule has 0 bridgehead atoms. The van der Waals surface area contributed by atoms with Crippen LogP contribution in [-0.4, -0.2) is 37.1 Å². The number of ether oxygens (including phenoxy) is 2. The third-order valence-corrected chi connectivity index (χ3v) is 3.43. The lowest BCUT2D eigenvalue weighted by atomic mass is 9.83. The molecule has 2 saturated heterocycles. The maximum absolute atomic E-state index is 8.80. The molecule has 0 aromatic heterocycles. The van der Waals surface area contributed by atoms with Gasteiger partial charge in [-0.15, -0.1) is 0 Å². The molecule has 1 spiro atoms. The van der Waals surface area contributed by atoms with Gasteiger partial charge in [0, 0.05) is 26.2 Å². The zero-order valence-electron chi connectivity index (χ0n) is 8.71. The molecule has 2 rings (SSSR count). The third-order valence-electron chi connectivity index (χ3n) is 3.43. The third kappa shape index (κ3) is 2.27. The van der Waals surface area contributed by atoms with E-state index >= 15 is 0 Å². The highest BCUT2D eigenvalue weighted by Gasteiger charge is 2.40. The Morgan fingerprint density at radius 1 is 1.36 bits per heavy atom. The molecular formula is C11H20O3. The van der Waals surface area contributed by atoms with Crippen LogP contribution >= 0.6 is 0 Å². The van der Waals surface area contributed by atoms with Gasteiger partial charge < -0.3 is 14.6 Å². The highest BCUT2D eigenvalue weighted by molar-refractivity contribution is 4.90. The number of aliphatic hydroxyl groups excluding tert-OH is 1. The Morgan fingerprint density at radius 3 is 3.00 bits per heavy atom. The average Bonchev–Trinajstić information content (AvgIpc) is 2.63. The first-order chi connectivity index (χ1) is 6.85. The van der Waals surface area contributed by atoms with Crippen LogP contribution in [0.2, 0.25) is 0 Å². The quantitative estimate of drug-likeness (QED) is 0.747. The largest absolute Gasteiger partial charge is 0.396 e. The Balaban J connectivity index is 1.83. The molecule has 3 nitrogen and oxygen atoms in total. The van der Waals surface area contributed by atoms with Crippen molar-refractivity contribution in [2.45, 2.75) is 37.7 Å². The van der Waals surface area contributed by atoms with Crippen molar-refractivity contribution in [2.75, 3.05) is 26.4 Å². The first-order valence-corrected chi connectivity index (χ1v) is 5.67. The molecule has 2 fully saturated rings. The van der Waals surface area contributed by atoms with Crippen LogP contribution < -0.4 is 0 Å². The molecule has 0 aromatic rings. The van der Waals surface area contributed by atoms with E-state index in [9.17, 15) is 0 Å². The summed E-state index contributed by atoms with van der Waals surface area (Å²) in [7, 11) is 0. The van der Waals surface area contributed by atoms with Gasteiger partial charge in [0.05, 0.1) is 12.2 Å². The molecule has 0 aliphatic carbocycles. The minimum atomic E-state index is 0.0401. The smallest absolute Gasteiger partial charge is 0.0939 e. The summed E-state index contributed by atoms with van der Waals surface area (Å²) >= 11 is 0. The van der Waals surface area contributed by atoms with Crippen LogP contribution in [0, 0.1) is 5.92 Å². The van der Waals surface area contributed by atoms with Crippen LogP contribution in [0.1, 0.15) is 32.1 Å². The van der Waals surface area contributed by atoms with Gasteiger partial charge in [0.15, 0.2) is 0 Å². The van der Waals surface area contributed by atoms with E-state index in [4.69, 9.17) is 14.6 Å². The van der Waals surface area contributed by atoms with E-state index in [2.05, 4.69) is 0 Å². The zero-order valence-corrected chi connectivity index (χ0v) is 8.71. The van der Waals surface area contributed by atoms with Gasteiger partial charge in [0.1, 0.15) is 0 Å². The molecule has 0 radical (unpaired) electrons. The maximum atomic E-state index is 8.80. The van der Waals surface area contributed by atoms with Gasteiger partial charge in [-0.3, -0.25) is 0 Å². The Labute approximate surface area is 85.4 Å². The van der Waals surface area contributed by atoms with Crippen LogP contribution in [0.3, 0.4) is 0 Å². The van der Waals surface area contributed by atoms with Gasteiger partial charge in [-0.05, 0) is 31.6 Å². The number of aliphatic hydroxyl groups is 1. The molecule has 0 saturated carbocycles. The lowest BCUT2D eigenvalue weighted by Gasteiger charge is -2.37. The predicted molar refractivity (Wildman–Crippen MR) is 53.2 cm³/mol. The van der Waals surface area contributed by atoms with Crippen molar-refractivity contribution in [3.8, 4) is 0 Å². The van der Waals surface area contributed by atoms with Gasteiger partial charge in [0.2, 0.25) is 0 Å². The molecule has 3 heteroatoms. The van der Waals surface area contributed by atoms with Gasteiger partial charge in [-0.25, -0.2) is 0 Å². The van der Waals surface area contributed by atoms with Crippen molar-refractivity contribution in [3.63, 3.8) is 0 Å². The van der Waals surface area contributed by atoms with Crippen molar-refractivity contribution >= 4 is 0 Å². The fourth-order valence-corrected chi connectivity index (χ4v) is 2.62. The SMILES string of the molecule is OCCCC1CCOC2(CCOC2)C1. The summed E-state index contributed by atoms with van der Waals surface area (Å²) in [6, 6.07) is 0. The van der Waals surface area contributed by atoms with E-state index in [1.165, 1.54) is 0 Å². The summed E-state index contributed by atoms with van der Waals surface area (Å²) in [5.74, 6) is 0.734. The lowest BCUT2D eigenvalue weighted by Crippen LogP contribution is -2.40. The normalized spacial score (nSPS) is 37.9. The van der Waals surface area contributed by atoms with Gasteiger partial charge in [0.25, 0.3) is 0 Å². The minimum Gasteiger partial charge on any atom is -0.396 e. The fourth-order valence-electron chi connectivity index (χ4n) is 2.62. The minimum absolute atomic E-state index is 0.0401. The molecule has 2 aliphatic rings. The fraction of sp³-hybridized carbons (Fsp3) is 1.00. The first kappa shape index (κ1) is 10.4. The number of hydrogen-bond donors (Lipinski definition) is 1. The van der Waals surface area contributed by atoms with Crippen LogP contribution in [-0.2, 0) is 9.47 Å². The zero-order chi connectivity index (χ0) is 9.86.